The van der Waals surface area contributed by atoms with Crippen molar-refractivity contribution in [2.24, 2.45) is 0 Å². The number of nitrogens with zero attached hydrogens (tertiary/aromatic N) is 5. The smallest absolute Gasteiger partial charge is 0.318 e. The monoisotopic (exact) mass is 667 g/mol. The van der Waals surface area contributed by atoms with E-state index in [0.717, 1.165) is 37.4 Å². The lowest BCUT2D eigenvalue weighted by molar-refractivity contribution is -0.0726. The SMILES string of the molecule is COc1cc(C)c(S(=O)(=O)N2CCC[C@H]2COc2nccc(N3CCC(OCCN4CCCC4)(c4cccc(F)c4)CC3)n2)c(C)c1. The van der Waals surface area contributed by atoms with Gasteiger partial charge in [-0.2, -0.15) is 9.29 Å². The summed E-state index contributed by atoms with van der Waals surface area (Å²) in [4.78, 5) is 14.0. The first-order valence-electron chi connectivity index (χ1n) is 16.7. The second kappa shape index (κ2) is 14.4. The fourth-order valence-corrected chi connectivity index (χ4v) is 9.45. The Morgan fingerprint density at radius 1 is 0.979 bits per heavy atom. The van der Waals surface area contributed by atoms with Gasteiger partial charge in [0.15, 0.2) is 0 Å². The number of hydrogen-bond acceptors (Lipinski definition) is 9. The Morgan fingerprint density at radius 2 is 1.72 bits per heavy atom. The van der Waals surface area contributed by atoms with Crippen LogP contribution >= 0.6 is 0 Å². The van der Waals surface area contributed by atoms with Crippen LogP contribution in [-0.2, 0) is 20.4 Å². The lowest BCUT2D eigenvalue weighted by Gasteiger charge is -2.42. The van der Waals surface area contributed by atoms with Crippen LogP contribution in [-0.4, -0.2) is 93.2 Å². The topological polar surface area (TPSA) is 97.3 Å². The minimum Gasteiger partial charge on any atom is -0.497 e. The van der Waals surface area contributed by atoms with E-state index in [9.17, 15) is 12.8 Å². The van der Waals surface area contributed by atoms with E-state index in [0.29, 0.717) is 67.3 Å². The number of methoxy groups -OCH3 is 1. The van der Waals surface area contributed by atoms with Crippen LogP contribution < -0.4 is 14.4 Å². The molecule has 3 aliphatic rings. The Labute approximate surface area is 277 Å². The first-order valence-corrected chi connectivity index (χ1v) is 18.1. The number of ether oxygens (including phenoxy) is 3. The zero-order valence-corrected chi connectivity index (χ0v) is 28.5. The van der Waals surface area contributed by atoms with Crippen LogP contribution in [0, 0.1) is 19.7 Å². The van der Waals surface area contributed by atoms with Gasteiger partial charge in [-0.25, -0.2) is 17.8 Å². The minimum absolute atomic E-state index is 0.157. The average molecular weight is 668 g/mol. The van der Waals surface area contributed by atoms with E-state index < -0.39 is 15.6 Å². The number of hydrogen-bond donors (Lipinski definition) is 0. The molecule has 0 spiro atoms. The van der Waals surface area contributed by atoms with E-state index in [1.807, 2.05) is 12.1 Å². The molecule has 0 saturated carbocycles. The summed E-state index contributed by atoms with van der Waals surface area (Å²) in [6.07, 6.45) is 6.96. The molecule has 3 aliphatic heterocycles. The molecule has 0 aliphatic carbocycles. The van der Waals surface area contributed by atoms with Crippen molar-refractivity contribution in [3.63, 3.8) is 0 Å². The zero-order chi connectivity index (χ0) is 33.0. The molecule has 6 rings (SSSR count). The summed E-state index contributed by atoms with van der Waals surface area (Å²) < 4.78 is 61.5. The molecule has 2 aromatic carbocycles. The number of anilines is 1. The number of likely N-dealkylation sites (tertiary alicyclic amines) is 1. The van der Waals surface area contributed by atoms with Crippen molar-refractivity contribution in [3.8, 4) is 11.8 Å². The van der Waals surface area contributed by atoms with Gasteiger partial charge in [-0.05, 0) is 112 Å². The molecule has 1 atom stereocenters. The molecule has 0 unspecified atom stereocenters. The van der Waals surface area contributed by atoms with E-state index in [2.05, 4.69) is 14.8 Å². The number of sulfonamides is 1. The predicted molar refractivity (Wildman–Crippen MR) is 178 cm³/mol. The highest BCUT2D eigenvalue weighted by atomic mass is 32.2. The number of benzene rings is 2. The molecule has 10 nitrogen and oxygen atoms in total. The predicted octanol–water partition coefficient (Wildman–Crippen LogP) is 5.08. The van der Waals surface area contributed by atoms with Crippen molar-refractivity contribution in [1.82, 2.24) is 19.2 Å². The summed E-state index contributed by atoms with van der Waals surface area (Å²) in [7, 11) is -2.17. The number of rotatable bonds is 12. The Balaban J connectivity index is 1.10. The third-order valence-corrected chi connectivity index (χ3v) is 12.1. The highest BCUT2D eigenvalue weighted by Crippen LogP contribution is 2.38. The van der Waals surface area contributed by atoms with Crippen molar-refractivity contribution < 1.29 is 27.0 Å². The largest absolute Gasteiger partial charge is 0.497 e. The molecule has 4 heterocycles. The first kappa shape index (κ1) is 33.6. The molecule has 0 amide bonds. The second-order valence-corrected chi connectivity index (χ2v) is 14.7. The van der Waals surface area contributed by atoms with E-state index in [-0.39, 0.29) is 24.5 Å². The summed E-state index contributed by atoms with van der Waals surface area (Å²) in [5, 5.41) is 0. The summed E-state index contributed by atoms with van der Waals surface area (Å²) >= 11 is 0. The maximum atomic E-state index is 14.3. The van der Waals surface area contributed by atoms with E-state index in [1.54, 1.807) is 55.7 Å². The van der Waals surface area contributed by atoms with Crippen LogP contribution in [0.4, 0.5) is 10.2 Å². The van der Waals surface area contributed by atoms with E-state index in [4.69, 9.17) is 19.2 Å². The summed E-state index contributed by atoms with van der Waals surface area (Å²) in [5.41, 5.74) is 1.62. The number of piperidine rings is 1. The van der Waals surface area contributed by atoms with Crippen LogP contribution in [0.25, 0.3) is 0 Å². The molecule has 3 saturated heterocycles. The van der Waals surface area contributed by atoms with Gasteiger partial charge in [0, 0.05) is 32.4 Å². The van der Waals surface area contributed by atoms with Gasteiger partial charge in [-0.15, -0.1) is 0 Å². The molecule has 3 fully saturated rings. The molecule has 0 N–H and O–H groups in total. The maximum Gasteiger partial charge on any atom is 0.318 e. The number of aromatic nitrogens is 2. The maximum absolute atomic E-state index is 14.3. The molecule has 12 heteroatoms. The minimum atomic E-state index is -3.74. The Bertz CT molecular complexity index is 1620. The molecule has 47 heavy (non-hydrogen) atoms. The van der Waals surface area contributed by atoms with Gasteiger partial charge in [0.1, 0.15) is 24.0 Å². The highest BCUT2D eigenvalue weighted by molar-refractivity contribution is 7.89. The van der Waals surface area contributed by atoms with E-state index >= 15 is 0 Å². The molecule has 254 valence electrons. The summed E-state index contributed by atoms with van der Waals surface area (Å²) in [5.74, 6) is 1.11. The molecule has 0 radical (unpaired) electrons. The van der Waals surface area contributed by atoms with Gasteiger partial charge < -0.3 is 24.0 Å². The normalized spacial score (nSPS) is 20.5. The van der Waals surface area contributed by atoms with Crippen molar-refractivity contribution >= 4 is 15.8 Å². The third-order valence-electron chi connectivity index (χ3n) is 9.81. The van der Waals surface area contributed by atoms with Crippen molar-refractivity contribution in [2.45, 2.75) is 68.9 Å². The van der Waals surface area contributed by atoms with Gasteiger partial charge in [-0.1, -0.05) is 12.1 Å². The van der Waals surface area contributed by atoms with Crippen LogP contribution in [0.1, 0.15) is 55.2 Å². The molecule has 1 aromatic heterocycles. The standard InChI is InChI=1S/C35H46FN5O5S/c1-26-22-31(44-3)23-27(2)33(26)47(42,43)41-17-7-10-30(41)25-45-34-37-14-11-32(38-34)40-18-12-35(13-19-40,28-8-6-9-29(36)24-28)46-21-20-39-15-4-5-16-39/h6,8-9,11,14,22-24,30H,4-5,7,10,12-13,15-21,25H2,1-3H3/t30-/m0/s1. The van der Waals surface area contributed by atoms with Gasteiger partial charge in [0.2, 0.25) is 10.0 Å². The lowest BCUT2D eigenvalue weighted by Crippen LogP contribution is -2.45. The zero-order valence-electron chi connectivity index (χ0n) is 27.7. The van der Waals surface area contributed by atoms with Crippen molar-refractivity contribution in [3.05, 3.63) is 71.2 Å². The summed E-state index contributed by atoms with van der Waals surface area (Å²) in [6.45, 7) is 9.24. The number of halogens is 1. The highest BCUT2D eigenvalue weighted by Gasteiger charge is 2.39. The van der Waals surface area contributed by atoms with Gasteiger partial charge in [0.25, 0.3) is 0 Å². The fourth-order valence-electron chi connectivity index (χ4n) is 7.35. The van der Waals surface area contributed by atoms with Crippen LogP contribution in [0.5, 0.6) is 11.8 Å². The molecule has 3 aromatic rings. The van der Waals surface area contributed by atoms with Gasteiger partial charge in [-0.3, -0.25) is 0 Å². The lowest BCUT2D eigenvalue weighted by atomic mass is 9.84. The fraction of sp³-hybridized carbons (Fsp3) is 0.543. The Morgan fingerprint density at radius 3 is 2.43 bits per heavy atom. The molecule has 0 bridgehead atoms. The van der Waals surface area contributed by atoms with Gasteiger partial charge >= 0.3 is 6.01 Å². The third kappa shape index (κ3) is 7.40. The quantitative estimate of drug-likeness (QED) is 0.262. The number of aryl methyl sites for hydroxylation is 2. The Hall–Kier alpha value is -3.32. The van der Waals surface area contributed by atoms with Crippen LogP contribution in [0.15, 0.2) is 53.6 Å². The Kier molecular flexibility index (Phi) is 10.3. The van der Waals surface area contributed by atoms with Crippen LogP contribution in [0.2, 0.25) is 0 Å². The second-order valence-electron chi connectivity index (χ2n) is 12.9. The summed E-state index contributed by atoms with van der Waals surface area (Å²) in [6, 6.07) is 12.1. The average Bonchev–Trinajstić information content (AvgIpc) is 3.77. The van der Waals surface area contributed by atoms with Gasteiger partial charge in [0.05, 0.1) is 30.3 Å². The van der Waals surface area contributed by atoms with Crippen molar-refractivity contribution in [2.75, 3.05) is 64.5 Å². The molecular formula is C35H46FN5O5S. The van der Waals surface area contributed by atoms with Crippen LogP contribution in [0.3, 0.4) is 0 Å². The van der Waals surface area contributed by atoms with E-state index in [1.165, 1.54) is 18.9 Å². The first-order chi connectivity index (χ1) is 22.7. The van der Waals surface area contributed by atoms with Crippen molar-refractivity contribution in [1.29, 1.82) is 0 Å². The molecular weight excluding hydrogens is 621 g/mol.